The van der Waals surface area contributed by atoms with Gasteiger partial charge in [-0.1, -0.05) is 23.2 Å². The van der Waals surface area contributed by atoms with Gasteiger partial charge in [-0.15, -0.1) is 21.5 Å². The molecule has 28 heavy (non-hydrogen) atoms. The highest BCUT2D eigenvalue weighted by molar-refractivity contribution is 7.89. The minimum atomic E-state index is -3.73. The van der Waals surface area contributed by atoms with Crippen LogP contribution in [0.1, 0.15) is 31.0 Å². The standard InChI is InChI=1S/C16H14Cl2N6O2S2/c17-12-6-11(14(18)27-12)28(25,26)23-9-2-1-8(5-9)16-22-21-13-7-20-15-10(24(13)16)3-4-19-15/h3-4,6-9,19,23H,1-2,5H2/t8-,9+/m1/s1. The van der Waals surface area contributed by atoms with Crippen LogP contribution in [-0.4, -0.2) is 39.0 Å². The maximum Gasteiger partial charge on any atom is 0.243 e. The van der Waals surface area contributed by atoms with E-state index in [0.29, 0.717) is 22.8 Å². The molecule has 12 heteroatoms. The first-order valence-corrected chi connectivity index (χ1v) is 11.6. The monoisotopic (exact) mass is 456 g/mol. The van der Waals surface area contributed by atoms with Crippen molar-refractivity contribution < 1.29 is 8.42 Å². The molecular weight excluding hydrogens is 443 g/mol. The van der Waals surface area contributed by atoms with Crippen LogP contribution in [-0.2, 0) is 10.0 Å². The molecule has 1 saturated carbocycles. The van der Waals surface area contributed by atoms with Gasteiger partial charge in [-0.05, 0) is 31.4 Å². The maximum atomic E-state index is 12.7. The van der Waals surface area contributed by atoms with Gasteiger partial charge < -0.3 is 4.98 Å². The Kier molecular flexibility index (Phi) is 4.36. The van der Waals surface area contributed by atoms with E-state index in [1.54, 1.807) is 6.20 Å². The van der Waals surface area contributed by atoms with Crippen LogP contribution in [0.5, 0.6) is 0 Å². The SMILES string of the molecule is O=S(=O)(N[C@H]1CC[C@@H](c2nnc3cnc4[nH]ccc4n23)C1)c1cc(Cl)sc1Cl. The fourth-order valence-electron chi connectivity index (χ4n) is 3.78. The summed E-state index contributed by atoms with van der Waals surface area (Å²) in [6.07, 6.45) is 5.63. The number of aromatic nitrogens is 5. The van der Waals surface area contributed by atoms with Crippen molar-refractivity contribution in [3.8, 4) is 0 Å². The Morgan fingerprint density at radius 3 is 2.93 bits per heavy atom. The molecule has 4 heterocycles. The van der Waals surface area contributed by atoms with Gasteiger partial charge in [-0.3, -0.25) is 4.40 Å². The van der Waals surface area contributed by atoms with Crippen molar-refractivity contribution in [2.45, 2.75) is 36.1 Å². The largest absolute Gasteiger partial charge is 0.345 e. The summed E-state index contributed by atoms with van der Waals surface area (Å²) in [6.45, 7) is 0. The second kappa shape index (κ2) is 6.67. The Morgan fingerprint density at radius 1 is 1.29 bits per heavy atom. The van der Waals surface area contributed by atoms with E-state index in [1.807, 2.05) is 16.7 Å². The summed E-state index contributed by atoms with van der Waals surface area (Å²) in [7, 11) is -3.73. The first-order valence-electron chi connectivity index (χ1n) is 8.56. The number of aromatic amines is 1. The van der Waals surface area contributed by atoms with Gasteiger partial charge in [0.1, 0.15) is 15.1 Å². The zero-order valence-corrected chi connectivity index (χ0v) is 17.4. The van der Waals surface area contributed by atoms with Crippen molar-refractivity contribution >= 4 is 61.4 Å². The number of hydrogen-bond acceptors (Lipinski definition) is 6. The van der Waals surface area contributed by atoms with Crippen molar-refractivity contribution in [2.75, 3.05) is 0 Å². The van der Waals surface area contributed by atoms with Crippen LogP contribution >= 0.6 is 34.5 Å². The van der Waals surface area contributed by atoms with E-state index in [4.69, 9.17) is 23.2 Å². The molecule has 4 aromatic rings. The summed E-state index contributed by atoms with van der Waals surface area (Å²) in [4.78, 5) is 7.44. The Bertz CT molecular complexity index is 1300. The second-order valence-electron chi connectivity index (χ2n) is 6.74. The van der Waals surface area contributed by atoms with E-state index in [1.165, 1.54) is 6.07 Å². The predicted octanol–water partition coefficient (Wildman–Crippen LogP) is 3.59. The molecule has 8 nitrogen and oxygen atoms in total. The molecule has 1 aliphatic rings. The molecule has 0 bridgehead atoms. The van der Waals surface area contributed by atoms with Crippen molar-refractivity contribution in [1.82, 2.24) is 29.3 Å². The number of sulfonamides is 1. The Morgan fingerprint density at radius 2 is 2.14 bits per heavy atom. The molecule has 0 unspecified atom stereocenters. The highest BCUT2D eigenvalue weighted by Crippen LogP contribution is 2.37. The lowest BCUT2D eigenvalue weighted by atomic mass is 10.1. The number of hydrogen-bond donors (Lipinski definition) is 2. The third-order valence-corrected chi connectivity index (χ3v) is 8.28. The van der Waals surface area contributed by atoms with Gasteiger partial charge in [0.25, 0.3) is 0 Å². The molecule has 0 radical (unpaired) electrons. The Hall–Kier alpha value is -1.72. The predicted molar refractivity (Wildman–Crippen MR) is 108 cm³/mol. The summed E-state index contributed by atoms with van der Waals surface area (Å²) in [5, 5.41) is 8.58. The summed E-state index contributed by atoms with van der Waals surface area (Å²) >= 11 is 12.9. The number of thiophene rings is 1. The van der Waals surface area contributed by atoms with Gasteiger partial charge >= 0.3 is 0 Å². The lowest BCUT2D eigenvalue weighted by Crippen LogP contribution is -2.32. The molecule has 1 fully saturated rings. The van der Waals surface area contributed by atoms with Gasteiger partial charge in [0.05, 0.1) is 16.0 Å². The molecule has 5 rings (SSSR count). The Balaban J connectivity index is 1.41. The van der Waals surface area contributed by atoms with Crippen LogP contribution in [0.4, 0.5) is 0 Å². The highest BCUT2D eigenvalue weighted by Gasteiger charge is 2.33. The van der Waals surface area contributed by atoms with Crippen LogP contribution in [0.15, 0.2) is 29.4 Å². The molecule has 0 aliphatic heterocycles. The van der Waals surface area contributed by atoms with E-state index < -0.39 is 10.0 Å². The van der Waals surface area contributed by atoms with Crippen molar-refractivity contribution in [1.29, 1.82) is 0 Å². The minimum absolute atomic E-state index is 0.0284. The van der Waals surface area contributed by atoms with E-state index in [0.717, 1.165) is 34.7 Å². The van der Waals surface area contributed by atoms with Crippen LogP contribution in [0.25, 0.3) is 16.8 Å². The zero-order chi connectivity index (χ0) is 19.5. The quantitative estimate of drug-likeness (QED) is 0.487. The highest BCUT2D eigenvalue weighted by atomic mass is 35.5. The van der Waals surface area contributed by atoms with Crippen molar-refractivity contribution in [2.24, 2.45) is 0 Å². The molecule has 146 valence electrons. The summed E-state index contributed by atoms with van der Waals surface area (Å²) in [5.41, 5.74) is 2.33. The average molecular weight is 457 g/mol. The fraction of sp³-hybridized carbons (Fsp3) is 0.312. The Labute approximate surface area is 174 Å². The summed E-state index contributed by atoms with van der Waals surface area (Å²) in [5.74, 6) is 0.907. The van der Waals surface area contributed by atoms with Crippen LogP contribution in [0.2, 0.25) is 8.67 Å². The van der Waals surface area contributed by atoms with Gasteiger partial charge in [-0.2, -0.15) is 0 Å². The molecular formula is C16H14Cl2N6O2S2. The van der Waals surface area contributed by atoms with Crippen molar-refractivity contribution in [3.05, 3.63) is 39.0 Å². The maximum absolute atomic E-state index is 12.7. The third kappa shape index (κ3) is 3.00. The second-order valence-corrected chi connectivity index (χ2v) is 10.7. The molecule has 2 N–H and O–H groups in total. The topological polar surface area (TPSA) is 105 Å². The number of nitrogens with one attached hydrogen (secondary N) is 2. The third-order valence-electron chi connectivity index (χ3n) is 5.00. The van der Waals surface area contributed by atoms with E-state index in [2.05, 4.69) is 24.9 Å². The molecule has 2 atom stereocenters. The average Bonchev–Trinajstić information content (AvgIpc) is 3.38. The van der Waals surface area contributed by atoms with Crippen LogP contribution < -0.4 is 4.72 Å². The minimum Gasteiger partial charge on any atom is -0.345 e. The number of fused-ring (bicyclic) bond motifs is 3. The molecule has 0 amide bonds. The number of rotatable bonds is 4. The first kappa shape index (κ1) is 18.3. The van der Waals surface area contributed by atoms with Gasteiger partial charge in [0, 0.05) is 18.2 Å². The molecule has 0 spiro atoms. The fourth-order valence-corrected chi connectivity index (χ4v) is 7.21. The first-order chi connectivity index (χ1) is 13.4. The van der Waals surface area contributed by atoms with E-state index >= 15 is 0 Å². The summed E-state index contributed by atoms with van der Waals surface area (Å²) < 4.78 is 30.6. The smallest absolute Gasteiger partial charge is 0.243 e. The zero-order valence-electron chi connectivity index (χ0n) is 14.3. The normalized spacial score (nSPS) is 20.5. The number of H-pyrrole nitrogens is 1. The van der Waals surface area contributed by atoms with Crippen LogP contribution in [0.3, 0.4) is 0 Å². The lowest BCUT2D eigenvalue weighted by molar-refractivity contribution is 0.547. The van der Waals surface area contributed by atoms with Gasteiger partial charge in [-0.25, -0.2) is 18.1 Å². The van der Waals surface area contributed by atoms with Gasteiger partial charge in [0.2, 0.25) is 10.0 Å². The van der Waals surface area contributed by atoms with Crippen LogP contribution in [0, 0.1) is 0 Å². The van der Waals surface area contributed by atoms with Crippen molar-refractivity contribution in [3.63, 3.8) is 0 Å². The number of nitrogens with zero attached hydrogens (tertiary/aromatic N) is 4. The molecule has 4 aromatic heterocycles. The summed E-state index contributed by atoms with van der Waals surface area (Å²) in [6, 6.07) is 3.10. The van der Waals surface area contributed by atoms with E-state index in [-0.39, 0.29) is 21.2 Å². The lowest BCUT2D eigenvalue weighted by Gasteiger charge is -2.13. The van der Waals surface area contributed by atoms with Gasteiger partial charge in [0.15, 0.2) is 11.3 Å². The number of halogens is 2. The molecule has 0 saturated heterocycles. The molecule has 0 aromatic carbocycles. The molecule has 1 aliphatic carbocycles. The van der Waals surface area contributed by atoms with E-state index in [9.17, 15) is 8.42 Å².